The minimum absolute atomic E-state index is 0.329. The van der Waals surface area contributed by atoms with Crippen molar-refractivity contribution in [3.8, 4) is 0 Å². The van der Waals surface area contributed by atoms with Crippen LogP contribution in [0.2, 0.25) is 0 Å². The number of methoxy groups -OCH3 is 1. The zero-order chi connectivity index (χ0) is 15.8. The molecule has 2 unspecified atom stereocenters. The van der Waals surface area contributed by atoms with Crippen molar-refractivity contribution >= 4 is 43.5 Å². The number of nitrogens with one attached hydrogen (secondary N) is 1. The molecule has 1 aliphatic rings. The first-order chi connectivity index (χ1) is 9.73. The summed E-state index contributed by atoms with van der Waals surface area (Å²) in [5.74, 6) is 0.241. The molecule has 0 spiro atoms. The second-order valence-electron chi connectivity index (χ2n) is 6.60. The number of halogens is 2. The van der Waals surface area contributed by atoms with Crippen LogP contribution in [0.15, 0.2) is 21.1 Å². The highest BCUT2D eigenvalue weighted by Crippen LogP contribution is 2.43. The van der Waals surface area contributed by atoms with Crippen LogP contribution in [0.5, 0.6) is 0 Å². The first kappa shape index (κ1) is 16.8. The van der Waals surface area contributed by atoms with Crippen molar-refractivity contribution in [1.82, 2.24) is 0 Å². The largest absolute Gasteiger partial charge is 0.465 e. The Labute approximate surface area is 143 Å². The van der Waals surface area contributed by atoms with Gasteiger partial charge in [0.1, 0.15) is 0 Å². The van der Waals surface area contributed by atoms with Crippen molar-refractivity contribution in [3.63, 3.8) is 0 Å². The van der Waals surface area contributed by atoms with Crippen LogP contribution in [-0.2, 0) is 4.74 Å². The molecular formula is C16H21Br2NO2. The van der Waals surface area contributed by atoms with E-state index in [9.17, 15) is 4.79 Å². The van der Waals surface area contributed by atoms with Crippen LogP contribution >= 0.6 is 31.9 Å². The fourth-order valence-corrected chi connectivity index (χ4v) is 4.60. The molecule has 0 aliphatic heterocycles. The van der Waals surface area contributed by atoms with Crippen LogP contribution in [0.3, 0.4) is 0 Å². The third-order valence-corrected chi connectivity index (χ3v) is 5.21. The van der Waals surface area contributed by atoms with E-state index in [4.69, 9.17) is 4.74 Å². The highest BCUT2D eigenvalue weighted by molar-refractivity contribution is 9.11. The maximum Gasteiger partial charge on any atom is 0.340 e. The Morgan fingerprint density at radius 2 is 2.00 bits per heavy atom. The van der Waals surface area contributed by atoms with Crippen LogP contribution in [-0.4, -0.2) is 19.1 Å². The van der Waals surface area contributed by atoms with Gasteiger partial charge in [0.2, 0.25) is 0 Å². The van der Waals surface area contributed by atoms with Crippen molar-refractivity contribution in [2.75, 3.05) is 12.4 Å². The molecule has 116 valence electrons. The van der Waals surface area contributed by atoms with Crippen LogP contribution < -0.4 is 5.32 Å². The topological polar surface area (TPSA) is 38.3 Å². The fraction of sp³-hybridized carbons (Fsp3) is 0.562. The lowest BCUT2D eigenvalue weighted by Gasteiger charge is -2.22. The maximum absolute atomic E-state index is 12.0. The van der Waals surface area contributed by atoms with Gasteiger partial charge in [-0.15, -0.1) is 0 Å². The van der Waals surface area contributed by atoms with Gasteiger partial charge in [-0.25, -0.2) is 4.79 Å². The zero-order valence-corrected chi connectivity index (χ0v) is 16.0. The van der Waals surface area contributed by atoms with E-state index < -0.39 is 0 Å². The van der Waals surface area contributed by atoms with E-state index in [0.29, 0.717) is 22.9 Å². The van der Waals surface area contributed by atoms with Gasteiger partial charge in [-0.1, -0.05) is 36.7 Å². The van der Waals surface area contributed by atoms with E-state index in [1.165, 1.54) is 13.5 Å². The number of carbonyl (C=O) groups is 1. The van der Waals surface area contributed by atoms with Gasteiger partial charge in [-0.2, -0.15) is 0 Å². The first-order valence-corrected chi connectivity index (χ1v) is 8.66. The summed E-state index contributed by atoms with van der Waals surface area (Å²) in [6.45, 7) is 6.85. The Kier molecular flexibility index (Phi) is 5.03. The Morgan fingerprint density at radius 1 is 1.33 bits per heavy atom. The fourth-order valence-electron chi connectivity index (χ4n) is 3.26. The molecule has 1 fully saturated rings. The maximum atomic E-state index is 12.0. The van der Waals surface area contributed by atoms with Crippen molar-refractivity contribution in [2.24, 2.45) is 11.3 Å². The molecule has 1 N–H and O–H groups in total. The molecular weight excluding hydrogens is 398 g/mol. The molecule has 0 bridgehead atoms. The van der Waals surface area contributed by atoms with E-state index in [-0.39, 0.29) is 5.97 Å². The van der Waals surface area contributed by atoms with E-state index in [1.807, 2.05) is 6.07 Å². The van der Waals surface area contributed by atoms with Gasteiger partial charge in [-0.3, -0.25) is 0 Å². The summed E-state index contributed by atoms with van der Waals surface area (Å²) in [7, 11) is 1.40. The number of rotatable bonds is 3. The molecule has 5 heteroatoms. The number of esters is 1. The van der Waals surface area contributed by atoms with E-state index in [0.717, 1.165) is 21.1 Å². The molecule has 0 saturated heterocycles. The molecule has 1 aromatic rings. The highest BCUT2D eigenvalue weighted by atomic mass is 79.9. The monoisotopic (exact) mass is 417 g/mol. The average molecular weight is 419 g/mol. The molecule has 0 heterocycles. The van der Waals surface area contributed by atoms with Crippen molar-refractivity contribution in [1.29, 1.82) is 0 Å². The van der Waals surface area contributed by atoms with E-state index in [2.05, 4.69) is 57.9 Å². The van der Waals surface area contributed by atoms with Crippen LogP contribution in [0.1, 0.15) is 44.0 Å². The lowest BCUT2D eigenvalue weighted by Crippen LogP contribution is -2.24. The first-order valence-electron chi connectivity index (χ1n) is 7.07. The number of ether oxygens (including phenoxy) is 1. The Bertz CT molecular complexity index is 557. The molecule has 1 saturated carbocycles. The Hall–Kier alpha value is -0.550. The molecule has 0 amide bonds. The second-order valence-corrected chi connectivity index (χ2v) is 8.37. The quantitative estimate of drug-likeness (QED) is 0.682. The van der Waals surface area contributed by atoms with E-state index >= 15 is 0 Å². The smallest absolute Gasteiger partial charge is 0.340 e. The van der Waals surface area contributed by atoms with Gasteiger partial charge < -0.3 is 10.1 Å². The van der Waals surface area contributed by atoms with Gasteiger partial charge >= 0.3 is 5.97 Å². The molecule has 1 aromatic carbocycles. The molecule has 0 aromatic heterocycles. The van der Waals surface area contributed by atoms with Crippen molar-refractivity contribution < 1.29 is 9.53 Å². The highest BCUT2D eigenvalue weighted by Gasteiger charge is 2.37. The molecule has 0 radical (unpaired) electrons. The number of hydrogen-bond acceptors (Lipinski definition) is 3. The summed E-state index contributed by atoms with van der Waals surface area (Å²) in [5.41, 5.74) is 1.71. The van der Waals surface area contributed by atoms with Gasteiger partial charge in [0.25, 0.3) is 0 Å². The summed E-state index contributed by atoms with van der Waals surface area (Å²) in [4.78, 5) is 12.0. The predicted octanol–water partition coefficient (Wildman–Crippen LogP) is 5.23. The lowest BCUT2D eigenvalue weighted by molar-refractivity contribution is 0.0601. The van der Waals surface area contributed by atoms with E-state index in [1.54, 1.807) is 6.07 Å². The molecule has 1 aliphatic carbocycles. The number of carbonyl (C=O) groups excluding carboxylic acids is 1. The molecule has 2 rings (SSSR count). The number of hydrogen-bond donors (Lipinski definition) is 1. The lowest BCUT2D eigenvalue weighted by atomic mass is 9.91. The van der Waals surface area contributed by atoms with Crippen LogP contribution in [0.25, 0.3) is 0 Å². The Morgan fingerprint density at radius 3 is 2.52 bits per heavy atom. The minimum Gasteiger partial charge on any atom is -0.465 e. The summed E-state index contributed by atoms with van der Waals surface area (Å²) in [6, 6.07) is 4.10. The van der Waals surface area contributed by atoms with Gasteiger partial charge in [-0.05, 0) is 52.2 Å². The molecule has 21 heavy (non-hydrogen) atoms. The summed E-state index contributed by atoms with van der Waals surface area (Å²) >= 11 is 6.97. The summed E-state index contributed by atoms with van der Waals surface area (Å²) < 4.78 is 6.62. The standard InChI is InChI=1S/C16H21Br2NO2/c1-9-7-16(2,3)8-13(9)19-14-11(15(20)21-4)5-10(17)6-12(14)18/h5-6,9,13,19H,7-8H2,1-4H3. The molecule has 3 nitrogen and oxygen atoms in total. The summed E-state index contributed by atoms with van der Waals surface area (Å²) in [5, 5.41) is 3.56. The Balaban J connectivity index is 2.33. The van der Waals surface area contributed by atoms with Crippen LogP contribution in [0, 0.1) is 11.3 Å². The SMILES string of the molecule is COC(=O)c1cc(Br)cc(Br)c1NC1CC(C)(C)CC1C. The zero-order valence-electron chi connectivity index (χ0n) is 12.8. The van der Waals surface area contributed by atoms with Gasteiger partial charge in [0, 0.05) is 15.0 Å². The van der Waals surface area contributed by atoms with Gasteiger partial charge in [0.15, 0.2) is 0 Å². The third kappa shape index (κ3) is 3.81. The average Bonchev–Trinajstić information content (AvgIpc) is 2.64. The minimum atomic E-state index is -0.329. The summed E-state index contributed by atoms with van der Waals surface area (Å²) in [6.07, 6.45) is 2.28. The second kappa shape index (κ2) is 6.29. The predicted molar refractivity (Wildman–Crippen MR) is 92.8 cm³/mol. The number of anilines is 1. The number of benzene rings is 1. The third-order valence-electron chi connectivity index (χ3n) is 4.12. The normalized spacial score (nSPS) is 23.9. The van der Waals surface area contributed by atoms with Crippen LogP contribution in [0.4, 0.5) is 5.69 Å². The van der Waals surface area contributed by atoms with Gasteiger partial charge in [0.05, 0.1) is 18.4 Å². The van der Waals surface area contributed by atoms with Crippen molar-refractivity contribution in [2.45, 2.75) is 39.7 Å². The molecule has 2 atom stereocenters. The van der Waals surface area contributed by atoms with Crippen molar-refractivity contribution in [3.05, 3.63) is 26.6 Å².